The van der Waals surface area contributed by atoms with Crippen molar-refractivity contribution < 1.29 is 24.0 Å². The Balaban J connectivity index is 1.57. The third-order valence-corrected chi connectivity index (χ3v) is 7.19. The number of benzene rings is 3. The highest BCUT2D eigenvalue weighted by Gasteiger charge is 2.36. The fraction of sp³-hybridized carbons (Fsp3) is 0.286. The predicted molar refractivity (Wildman–Crippen MR) is 149 cm³/mol. The molecule has 4 aromatic rings. The summed E-state index contributed by atoms with van der Waals surface area (Å²) in [5.74, 6) is -0.341. The molecule has 0 unspecified atom stereocenters. The van der Waals surface area contributed by atoms with Gasteiger partial charge in [-0.1, -0.05) is 0 Å². The number of amides is 1. The van der Waals surface area contributed by atoms with Gasteiger partial charge in [-0.15, -0.1) is 11.6 Å². The average molecular weight is 551 g/mol. The molecule has 3 aromatic carbocycles. The number of nitrogens with zero attached hydrogens (tertiary/aromatic N) is 3. The number of hydrogen-bond donors (Lipinski definition) is 1. The van der Waals surface area contributed by atoms with Crippen molar-refractivity contribution in [2.24, 2.45) is 0 Å². The zero-order valence-corrected chi connectivity index (χ0v) is 22.5. The zero-order chi connectivity index (χ0) is 27.8. The van der Waals surface area contributed by atoms with Crippen LogP contribution < -0.4 is 9.64 Å². The van der Waals surface area contributed by atoms with Gasteiger partial charge in [-0.25, -0.2) is 4.79 Å². The molecule has 0 fully saturated rings. The van der Waals surface area contributed by atoms with Crippen LogP contribution in [0.4, 0.5) is 11.4 Å². The van der Waals surface area contributed by atoms with Gasteiger partial charge in [0.15, 0.2) is 0 Å². The van der Waals surface area contributed by atoms with Gasteiger partial charge in [0.05, 0.1) is 40.1 Å². The van der Waals surface area contributed by atoms with Gasteiger partial charge in [0, 0.05) is 24.0 Å². The number of carbonyl (C=O) groups is 2. The first kappa shape index (κ1) is 26.5. The van der Waals surface area contributed by atoms with E-state index in [2.05, 4.69) is 4.98 Å². The van der Waals surface area contributed by atoms with E-state index in [0.29, 0.717) is 47.5 Å². The molecule has 0 atom stereocenters. The minimum atomic E-state index is -0.552. The Hall–Kier alpha value is -4.15. The van der Waals surface area contributed by atoms with Crippen LogP contribution in [0.5, 0.6) is 5.75 Å². The van der Waals surface area contributed by atoms with Gasteiger partial charge >= 0.3 is 5.97 Å². The number of methoxy groups -OCH3 is 1. The summed E-state index contributed by atoms with van der Waals surface area (Å²) in [7, 11) is 5.21. The summed E-state index contributed by atoms with van der Waals surface area (Å²) in [5.41, 5.74) is 2.63. The van der Waals surface area contributed by atoms with E-state index in [-0.39, 0.29) is 28.6 Å². The Morgan fingerprint density at radius 2 is 1.95 bits per heavy atom. The molecule has 202 valence electrons. The number of rotatable bonds is 8. The van der Waals surface area contributed by atoms with Crippen molar-refractivity contribution >= 4 is 56.5 Å². The topological polar surface area (TPSA) is 118 Å². The lowest BCUT2D eigenvalue weighted by Gasteiger charge is -2.20. The quantitative estimate of drug-likeness (QED) is 0.143. The molecular weight excluding hydrogens is 524 g/mol. The lowest BCUT2D eigenvalue weighted by atomic mass is 9.95. The number of aromatic nitrogens is 1. The van der Waals surface area contributed by atoms with Gasteiger partial charge in [0.1, 0.15) is 18.1 Å². The second-order valence-corrected chi connectivity index (χ2v) is 9.85. The number of alkyl halides is 1. The monoisotopic (exact) mass is 550 g/mol. The standard InChI is InChI=1S/C28H27ClN4O6/c1-31(2)10-11-39-18-5-7-23-17(12-18)14-24(30-23)27(34)32-9-8-20-21-13-16(28(35)38-3)4-6-19(21)26(33(36)37)22(15-29)25(20)32/h4-7,12-14,30H,8-11,15H2,1-3H3. The number of aromatic amines is 1. The van der Waals surface area contributed by atoms with Gasteiger partial charge in [-0.05, 0) is 73.9 Å². The Morgan fingerprint density at radius 3 is 2.64 bits per heavy atom. The number of fused-ring (bicyclic) bond motifs is 4. The van der Waals surface area contributed by atoms with Crippen molar-refractivity contribution in [1.29, 1.82) is 0 Å². The summed E-state index contributed by atoms with van der Waals surface area (Å²) in [5, 5.41) is 13.9. The second kappa shape index (κ2) is 10.5. The molecule has 10 nitrogen and oxygen atoms in total. The molecule has 5 rings (SSSR count). The molecule has 1 aromatic heterocycles. The third kappa shape index (κ3) is 4.77. The number of esters is 1. The Morgan fingerprint density at radius 1 is 1.15 bits per heavy atom. The van der Waals surface area contributed by atoms with E-state index in [9.17, 15) is 19.7 Å². The highest BCUT2D eigenvalue weighted by Crippen LogP contribution is 2.45. The van der Waals surface area contributed by atoms with Gasteiger partial charge in [0.25, 0.3) is 11.6 Å². The lowest BCUT2D eigenvalue weighted by Crippen LogP contribution is -2.30. The van der Waals surface area contributed by atoms with Gasteiger partial charge in [-0.3, -0.25) is 14.9 Å². The van der Waals surface area contributed by atoms with Crippen molar-refractivity contribution in [3.8, 4) is 5.75 Å². The highest BCUT2D eigenvalue weighted by atomic mass is 35.5. The maximum atomic E-state index is 13.8. The molecule has 0 aliphatic carbocycles. The van der Waals surface area contributed by atoms with Crippen LogP contribution in [0.15, 0.2) is 42.5 Å². The van der Waals surface area contributed by atoms with E-state index >= 15 is 0 Å². The molecule has 1 aliphatic heterocycles. The molecule has 0 radical (unpaired) electrons. The van der Waals surface area contributed by atoms with Crippen LogP contribution in [0, 0.1) is 10.1 Å². The van der Waals surface area contributed by atoms with Crippen molar-refractivity contribution in [2.45, 2.75) is 12.3 Å². The molecule has 1 N–H and O–H groups in total. The summed E-state index contributed by atoms with van der Waals surface area (Å²) in [6, 6.07) is 11.9. The summed E-state index contributed by atoms with van der Waals surface area (Å²) in [6.07, 6.45) is 0.453. The molecule has 11 heteroatoms. The van der Waals surface area contributed by atoms with Crippen molar-refractivity contribution in [3.05, 3.63) is 75.0 Å². The maximum Gasteiger partial charge on any atom is 0.337 e. The minimum Gasteiger partial charge on any atom is -0.492 e. The fourth-order valence-electron chi connectivity index (χ4n) is 5.09. The molecule has 2 heterocycles. The molecule has 39 heavy (non-hydrogen) atoms. The van der Waals surface area contributed by atoms with E-state index in [4.69, 9.17) is 21.1 Å². The number of H-pyrrole nitrogens is 1. The molecule has 1 amide bonds. The Kier molecular flexibility index (Phi) is 7.16. The van der Waals surface area contributed by atoms with Crippen LogP contribution in [-0.2, 0) is 17.0 Å². The second-order valence-electron chi connectivity index (χ2n) is 9.59. The number of likely N-dealkylation sites (N-methyl/N-ethyl adjacent to an activating group) is 1. The number of nitro benzene ring substituents is 1. The van der Waals surface area contributed by atoms with Crippen molar-refractivity contribution in [1.82, 2.24) is 9.88 Å². The molecule has 1 aliphatic rings. The van der Waals surface area contributed by atoms with Crippen LogP contribution in [0.25, 0.3) is 21.7 Å². The van der Waals surface area contributed by atoms with E-state index in [1.807, 2.05) is 37.2 Å². The van der Waals surface area contributed by atoms with Crippen LogP contribution in [-0.4, -0.2) is 67.6 Å². The number of hydrogen-bond acceptors (Lipinski definition) is 7. The number of carbonyl (C=O) groups excluding carboxylic acids is 2. The minimum absolute atomic E-state index is 0.155. The molecule has 0 saturated carbocycles. The first-order chi connectivity index (χ1) is 18.7. The average Bonchev–Trinajstić information content (AvgIpc) is 3.55. The highest BCUT2D eigenvalue weighted by molar-refractivity contribution is 6.20. The van der Waals surface area contributed by atoms with Crippen LogP contribution in [0.2, 0.25) is 0 Å². The Bertz CT molecular complexity index is 1630. The fourth-order valence-corrected chi connectivity index (χ4v) is 5.34. The molecule has 0 spiro atoms. The van der Waals surface area contributed by atoms with E-state index in [1.54, 1.807) is 12.1 Å². The number of nitro groups is 1. The molecular formula is C28H27ClN4O6. The van der Waals surface area contributed by atoms with Crippen LogP contribution in [0.1, 0.15) is 32.0 Å². The number of halogens is 1. The number of ether oxygens (including phenoxy) is 2. The Labute approximate surface area is 229 Å². The third-order valence-electron chi connectivity index (χ3n) is 6.92. The SMILES string of the molecule is COC(=O)c1ccc2c([N+](=O)[O-])c(CCl)c3c(c2c1)CCN3C(=O)c1cc2cc(OCCN(C)C)ccc2[nH]1. The van der Waals surface area contributed by atoms with Crippen molar-refractivity contribution in [2.75, 3.05) is 45.8 Å². The first-order valence-corrected chi connectivity index (χ1v) is 12.9. The van der Waals surface area contributed by atoms with Gasteiger partial charge < -0.3 is 24.3 Å². The van der Waals surface area contributed by atoms with E-state index in [1.165, 1.54) is 24.1 Å². The number of nitrogens with one attached hydrogen (secondary N) is 1. The largest absolute Gasteiger partial charge is 0.492 e. The summed E-state index contributed by atoms with van der Waals surface area (Å²) >= 11 is 6.28. The van der Waals surface area contributed by atoms with Gasteiger partial charge in [-0.2, -0.15) is 0 Å². The van der Waals surface area contributed by atoms with E-state index in [0.717, 1.165) is 23.0 Å². The summed E-state index contributed by atoms with van der Waals surface area (Å²) in [4.78, 5) is 44.4. The smallest absolute Gasteiger partial charge is 0.337 e. The van der Waals surface area contributed by atoms with Gasteiger partial charge in [0.2, 0.25) is 0 Å². The summed E-state index contributed by atoms with van der Waals surface area (Å²) in [6.45, 7) is 1.62. The maximum absolute atomic E-state index is 13.8. The van der Waals surface area contributed by atoms with E-state index < -0.39 is 10.9 Å². The van der Waals surface area contributed by atoms with Crippen LogP contribution >= 0.6 is 11.6 Å². The molecule has 0 saturated heterocycles. The lowest BCUT2D eigenvalue weighted by molar-refractivity contribution is -0.383. The zero-order valence-electron chi connectivity index (χ0n) is 21.7. The molecule has 0 bridgehead atoms. The first-order valence-electron chi connectivity index (χ1n) is 12.4. The number of anilines is 1. The predicted octanol–water partition coefficient (Wildman–Crippen LogP) is 4.90. The normalized spacial score (nSPS) is 12.8. The van der Waals surface area contributed by atoms with Crippen LogP contribution in [0.3, 0.4) is 0 Å². The summed E-state index contributed by atoms with van der Waals surface area (Å²) < 4.78 is 10.7. The van der Waals surface area contributed by atoms with Crippen molar-refractivity contribution in [3.63, 3.8) is 0 Å².